The molecular formula is C10H17NP4. The molecular weight excluding hydrogens is 258 g/mol. The number of hydrogen-bond acceptors (Lipinski definition) is 1. The Kier molecular flexibility index (Phi) is 4.52. The van der Waals surface area contributed by atoms with Gasteiger partial charge in [0.1, 0.15) is 0 Å². The first-order chi connectivity index (χ1) is 7.22. The van der Waals surface area contributed by atoms with Gasteiger partial charge in [0.15, 0.2) is 0 Å². The molecule has 15 heavy (non-hydrogen) atoms. The smallest absolute Gasteiger partial charge is 0.0240 e. The number of nitrogens with zero attached hydrogens (tertiary/aromatic N) is 1. The number of hydrogen-bond donors (Lipinski definition) is 0. The molecule has 5 heteroatoms. The van der Waals surface area contributed by atoms with Crippen LogP contribution in [0, 0.1) is 0 Å². The second-order valence-electron chi connectivity index (χ2n) is 3.90. The van der Waals surface area contributed by atoms with Crippen molar-refractivity contribution in [3.8, 4) is 0 Å². The lowest BCUT2D eigenvalue weighted by atomic mass is 10.0. The van der Waals surface area contributed by atoms with E-state index in [0.29, 0.717) is 0 Å². The number of benzene rings is 1. The standard InChI is InChI=1S/C10H17NP4/c1-11-6-5-8-3-2-4-10(9(8)7-11)15(13)14-12/h2-4,14H,5-7,12-13H2,1H3. The van der Waals surface area contributed by atoms with Crippen molar-refractivity contribution < 1.29 is 0 Å². The summed E-state index contributed by atoms with van der Waals surface area (Å²) in [5.74, 6) is 0. The highest BCUT2D eigenvalue weighted by molar-refractivity contribution is 8.63. The van der Waals surface area contributed by atoms with Crippen LogP contribution in [0.1, 0.15) is 11.1 Å². The largest absolute Gasteiger partial charge is 0.302 e. The van der Waals surface area contributed by atoms with Gasteiger partial charge in [0.05, 0.1) is 0 Å². The minimum Gasteiger partial charge on any atom is -0.302 e. The van der Waals surface area contributed by atoms with Crippen molar-refractivity contribution in [1.29, 1.82) is 0 Å². The molecule has 4 atom stereocenters. The Morgan fingerprint density at radius 2 is 2.27 bits per heavy atom. The van der Waals surface area contributed by atoms with Crippen LogP contribution in [0.15, 0.2) is 18.2 Å². The lowest BCUT2D eigenvalue weighted by molar-refractivity contribution is 0.314. The SMILES string of the molecule is CN1CCc2cccc(P(P)PP)c2C1. The summed E-state index contributed by atoms with van der Waals surface area (Å²) in [4.78, 5) is 2.42. The Morgan fingerprint density at radius 3 is 3.00 bits per heavy atom. The molecule has 0 saturated carbocycles. The molecule has 0 spiro atoms. The molecule has 0 N–H and O–H groups in total. The average molecular weight is 275 g/mol. The van der Waals surface area contributed by atoms with Gasteiger partial charge in [-0.15, -0.1) is 17.9 Å². The van der Waals surface area contributed by atoms with Gasteiger partial charge in [-0.2, -0.15) is 0 Å². The van der Waals surface area contributed by atoms with Gasteiger partial charge in [-0.25, -0.2) is 0 Å². The Labute approximate surface area is 99.4 Å². The van der Waals surface area contributed by atoms with Crippen LogP contribution in [0.3, 0.4) is 0 Å². The van der Waals surface area contributed by atoms with E-state index in [0.717, 1.165) is 14.5 Å². The fraction of sp³-hybridized carbons (Fsp3) is 0.400. The van der Waals surface area contributed by atoms with Crippen molar-refractivity contribution in [2.24, 2.45) is 0 Å². The lowest BCUT2D eigenvalue weighted by Gasteiger charge is -2.28. The van der Waals surface area contributed by atoms with Gasteiger partial charge in [0.25, 0.3) is 0 Å². The van der Waals surface area contributed by atoms with Crippen LogP contribution < -0.4 is 5.30 Å². The summed E-state index contributed by atoms with van der Waals surface area (Å²) in [5, 5.41) is 1.59. The maximum absolute atomic E-state index is 3.03. The van der Waals surface area contributed by atoms with Crippen molar-refractivity contribution in [2.45, 2.75) is 13.0 Å². The Bertz CT molecular complexity index is 355. The molecule has 1 aromatic rings. The normalized spacial score (nSPS) is 19.4. The second-order valence-corrected chi connectivity index (χ2v) is 13.0. The zero-order valence-corrected chi connectivity index (χ0v) is 13.1. The number of rotatable bonds is 2. The van der Waals surface area contributed by atoms with Crippen molar-refractivity contribution in [2.75, 3.05) is 13.6 Å². The summed E-state index contributed by atoms with van der Waals surface area (Å²) in [7, 11) is 9.06. The fourth-order valence-electron chi connectivity index (χ4n) is 1.99. The van der Waals surface area contributed by atoms with Crippen molar-refractivity contribution in [3.63, 3.8) is 0 Å². The van der Waals surface area contributed by atoms with Crippen LogP contribution in [-0.4, -0.2) is 18.5 Å². The molecule has 1 aromatic carbocycles. The first-order valence-electron chi connectivity index (χ1n) is 5.02. The van der Waals surface area contributed by atoms with Gasteiger partial charge < -0.3 is 4.90 Å². The van der Waals surface area contributed by atoms with E-state index in [4.69, 9.17) is 0 Å². The minimum absolute atomic E-state index is 0.0264. The van der Waals surface area contributed by atoms with Crippen LogP contribution in [0.25, 0.3) is 0 Å². The molecule has 1 nitrogen and oxygen atoms in total. The molecule has 0 radical (unpaired) electrons. The Hall–Kier alpha value is 0.900. The molecule has 0 amide bonds. The molecule has 1 aliphatic heterocycles. The highest BCUT2D eigenvalue weighted by atomic mass is 32.6. The second kappa shape index (κ2) is 5.49. The van der Waals surface area contributed by atoms with Crippen LogP contribution >= 0.6 is 33.1 Å². The number of likely N-dealkylation sites (N-methyl/N-ethyl adjacent to an activating group) is 1. The molecule has 0 aromatic heterocycles. The van der Waals surface area contributed by atoms with Gasteiger partial charge >= 0.3 is 0 Å². The fourth-order valence-corrected chi connectivity index (χ4v) is 5.91. The molecule has 1 heterocycles. The summed E-state index contributed by atoms with van der Waals surface area (Å²) in [5.41, 5.74) is 3.17. The predicted molar refractivity (Wildman–Crippen MR) is 80.8 cm³/mol. The molecule has 82 valence electrons. The predicted octanol–water partition coefficient (Wildman–Crippen LogP) is 2.96. The topological polar surface area (TPSA) is 3.24 Å². The highest BCUT2D eigenvalue weighted by Crippen LogP contribution is 2.65. The van der Waals surface area contributed by atoms with E-state index in [1.165, 1.54) is 13.0 Å². The number of fused-ring (bicyclic) bond motifs is 1. The highest BCUT2D eigenvalue weighted by Gasteiger charge is 2.18. The summed E-state index contributed by atoms with van der Waals surface area (Å²) >= 11 is 0. The van der Waals surface area contributed by atoms with E-state index >= 15 is 0 Å². The van der Waals surface area contributed by atoms with E-state index in [9.17, 15) is 0 Å². The monoisotopic (exact) mass is 275 g/mol. The molecule has 4 unspecified atom stereocenters. The zero-order chi connectivity index (χ0) is 10.8. The van der Waals surface area contributed by atoms with E-state index < -0.39 is 0 Å². The molecule has 1 aliphatic rings. The Morgan fingerprint density at radius 1 is 1.47 bits per heavy atom. The third kappa shape index (κ3) is 2.77. The minimum atomic E-state index is -0.0264. The Balaban J connectivity index is 2.39. The van der Waals surface area contributed by atoms with Crippen LogP contribution in [-0.2, 0) is 13.0 Å². The molecule has 0 saturated heterocycles. The van der Waals surface area contributed by atoms with Crippen LogP contribution in [0.2, 0.25) is 0 Å². The maximum Gasteiger partial charge on any atom is 0.0240 e. The molecule has 0 bridgehead atoms. The van der Waals surface area contributed by atoms with E-state index in [-0.39, 0.29) is 7.30 Å². The van der Waals surface area contributed by atoms with Crippen molar-refractivity contribution in [1.82, 2.24) is 4.90 Å². The first kappa shape index (κ1) is 12.4. The summed E-state index contributed by atoms with van der Waals surface area (Å²) in [6.45, 7) is 2.34. The van der Waals surface area contributed by atoms with Crippen molar-refractivity contribution in [3.05, 3.63) is 29.3 Å². The van der Waals surface area contributed by atoms with Crippen molar-refractivity contribution >= 4 is 38.4 Å². The van der Waals surface area contributed by atoms with E-state index in [1.807, 2.05) is 0 Å². The van der Waals surface area contributed by atoms with E-state index in [2.05, 4.69) is 48.0 Å². The molecule has 2 rings (SSSR count). The first-order valence-corrected chi connectivity index (χ1v) is 11.6. The maximum atomic E-state index is 3.03. The summed E-state index contributed by atoms with van der Waals surface area (Å²) < 4.78 is 0. The average Bonchev–Trinajstić information content (AvgIpc) is 2.27. The molecule has 0 fully saturated rings. The van der Waals surface area contributed by atoms with Crippen LogP contribution in [0.4, 0.5) is 0 Å². The van der Waals surface area contributed by atoms with Crippen LogP contribution in [0.5, 0.6) is 0 Å². The van der Waals surface area contributed by atoms with E-state index in [1.54, 1.807) is 16.4 Å². The third-order valence-electron chi connectivity index (χ3n) is 2.84. The lowest BCUT2D eigenvalue weighted by Crippen LogP contribution is -2.29. The zero-order valence-electron chi connectivity index (χ0n) is 8.90. The third-order valence-corrected chi connectivity index (χ3v) is 13.0. The molecule has 0 aliphatic carbocycles. The van der Waals surface area contributed by atoms with Gasteiger partial charge in [-0.3, -0.25) is 0 Å². The summed E-state index contributed by atoms with van der Waals surface area (Å²) in [6.07, 6.45) is 1.22. The van der Waals surface area contributed by atoms with Gasteiger partial charge in [-0.05, 0) is 37.2 Å². The van der Waals surface area contributed by atoms with Gasteiger partial charge in [0.2, 0.25) is 0 Å². The van der Waals surface area contributed by atoms with Gasteiger partial charge in [-0.1, -0.05) is 26.2 Å². The van der Waals surface area contributed by atoms with Gasteiger partial charge in [0, 0.05) is 13.1 Å². The summed E-state index contributed by atoms with van der Waals surface area (Å²) in [6, 6.07) is 6.84. The quantitative estimate of drug-likeness (QED) is 0.750.